The van der Waals surface area contributed by atoms with Gasteiger partial charge in [-0.25, -0.2) is 4.98 Å². The number of imidazole rings is 1. The van der Waals surface area contributed by atoms with Crippen molar-refractivity contribution in [2.75, 3.05) is 18.5 Å². The van der Waals surface area contributed by atoms with Crippen molar-refractivity contribution >= 4 is 28.8 Å². The van der Waals surface area contributed by atoms with Crippen LogP contribution in [-0.2, 0) is 9.59 Å². The lowest BCUT2D eigenvalue weighted by Crippen LogP contribution is -2.46. The Balaban J connectivity index is 1.31. The SMILES string of the molecule is O=C(CNC(=O)[C@@H]1COc2ccccc2O1)Nc1nc2ccccc2[nH]1. The smallest absolute Gasteiger partial charge is 0.265 e. The molecule has 0 saturated carbocycles. The van der Waals surface area contributed by atoms with E-state index in [1.807, 2.05) is 30.3 Å². The lowest BCUT2D eigenvalue weighted by Gasteiger charge is -2.25. The van der Waals surface area contributed by atoms with Crippen molar-refractivity contribution < 1.29 is 19.1 Å². The monoisotopic (exact) mass is 352 g/mol. The third-order valence-electron chi connectivity index (χ3n) is 3.87. The molecule has 0 radical (unpaired) electrons. The molecule has 8 nitrogen and oxygen atoms in total. The van der Waals surface area contributed by atoms with Crippen LogP contribution in [-0.4, -0.2) is 41.0 Å². The maximum atomic E-state index is 12.2. The summed E-state index contributed by atoms with van der Waals surface area (Å²) in [4.78, 5) is 31.4. The van der Waals surface area contributed by atoms with Gasteiger partial charge in [0.25, 0.3) is 5.91 Å². The third kappa shape index (κ3) is 3.30. The summed E-state index contributed by atoms with van der Waals surface area (Å²) in [5.41, 5.74) is 1.57. The number of carbonyl (C=O) groups is 2. The van der Waals surface area contributed by atoms with E-state index in [1.54, 1.807) is 18.2 Å². The Hall–Kier alpha value is -3.55. The molecule has 1 aromatic heterocycles. The summed E-state index contributed by atoms with van der Waals surface area (Å²) in [6, 6.07) is 14.5. The van der Waals surface area contributed by atoms with Crippen LogP contribution >= 0.6 is 0 Å². The summed E-state index contributed by atoms with van der Waals surface area (Å²) in [5, 5.41) is 5.15. The topological polar surface area (TPSA) is 105 Å². The van der Waals surface area contributed by atoms with Gasteiger partial charge in [-0.3, -0.25) is 14.9 Å². The Bertz CT molecular complexity index is 935. The molecule has 4 rings (SSSR count). The molecule has 0 unspecified atom stereocenters. The Labute approximate surface area is 148 Å². The number of benzene rings is 2. The molecule has 2 heterocycles. The number of hydrogen-bond donors (Lipinski definition) is 3. The Morgan fingerprint density at radius 2 is 1.88 bits per heavy atom. The van der Waals surface area contributed by atoms with Crippen LogP contribution in [0.15, 0.2) is 48.5 Å². The number of hydrogen-bond acceptors (Lipinski definition) is 5. The maximum absolute atomic E-state index is 12.2. The van der Waals surface area contributed by atoms with E-state index in [-0.39, 0.29) is 13.2 Å². The molecule has 1 aliphatic heterocycles. The van der Waals surface area contributed by atoms with Crippen molar-refractivity contribution in [3.8, 4) is 11.5 Å². The number of amides is 2. The van der Waals surface area contributed by atoms with Gasteiger partial charge in [0.05, 0.1) is 17.6 Å². The molecule has 132 valence electrons. The van der Waals surface area contributed by atoms with Crippen molar-refractivity contribution in [1.82, 2.24) is 15.3 Å². The van der Waals surface area contributed by atoms with Crippen LogP contribution in [0.25, 0.3) is 11.0 Å². The fraction of sp³-hybridized carbons (Fsp3) is 0.167. The number of nitrogens with one attached hydrogen (secondary N) is 3. The molecule has 0 spiro atoms. The molecule has 8 heteroatoms. The highest BCUT2D eigenvalue weighted by atomic mass is 16.6. The Kier molecular flexibility index (Phi) is 4.14. The minimum absolute atomic E-state index is 0.0913. The average Bonchev–Trinajstić information content (AvgIpc) is 3.08. The molecule has 1 aliphatic rings. The van der Waals surface area contributed by atoms with Gasteiger partial charge in [-0.05, 0) is 24.3 Å². The summed E-state index contributed by atoms with van der Waals surface area (Å²) in [6.07, 6.45) is -0.802. The number of aromatic nitrogens is 2. The second-order valence-corrected chi connectivity index (χ2v) is 5.73. The van der Waals surface area contributed by atoms with Crippen LogP contribution in [0.3, 0.4) is 0 Å². The number of H-pyrrole nitrogens is 1. The minimum Gasteiger partial charge on any atom is -0.485 e. The zero-order chi connectivity index (χ0) is 17.9. The lowest BCUT2D eigenvalue weighted by atomic mass is 10.2. The average molecular weight is 352 g/mol. The van der Waals surface area contributed by atoms with Gasteiger partial charge in [0, 0.05) is 0 Å². The molecule has 1 atom stereocenters. The van der Waals surface area contributed by atoms with Gasteiger partial charge < -0.3 is 19.8 Å². The first kappa shape index (κ1) is 15.9. The van der Waals surface area contributed by atoms with Crippen LogP contribution in [0.1, 0.15) is 0 Å². The minimum atomic E-state index is -0.802. The first-order valence-corrected chi connectivity index (χ1v) is 8.10. The summed E-state index contributed by atoms with van der Waals surface area (Å²) < 4.78 is 11.1. The summed E-state index contributed by atoms with van der Waals surface area (Å²) in [5.74, 6) is 0.621. The van der Waals surface area contributed by atoms with Crippen molar-refractivity contribution in [2.24, 2.45) is 0 Å². The highest BCUT2D eigenvalue weighted by molar-refractivity contribution is 5.95. The van der Waals surface area contributed by atoms with Crippen LogP contribution in [0.4, 0.5) is 5.95 Å². The molecule has 0 saturated heterocycles. The van der Waals surface area contributed by atoms with Gasteiger partial charge in [0.2, 0.25) is 18.0 Å². The number of carbonyl (C=O) groups excluding carboxylic acids is 2. The molecule has 2 aromatic carbocycles. The summed E-state index contributed by atoms with van der Waals surface area (Å²) in [7, 11) is 0. The van der Waals surface area contributed by atoms with Gasteiger partial charge >= 0.3 is 0 Å². The van der Waals surface area contributed by atoms with Gasteiger partial charge in [-0.15, -0.1) is 0 Å². The van der Waals surface area contributed by atoms with Gasteiger partial charge in [0.1, 0.15) is 6.61 Å². The zero-order valence-electron chi connectivity index (χ0n) is 13.7. The van der Waals surface area contributed by atoms with Crippen molar-refractivity contribution in [1.29, 1.82) is 0 Å². The first-order chi connectivity index (χ1) is 12.7. The molecular formula is C18H16N4O4. The van der Waals surface area contributed by atoms with E-state index in [9.17, 15) is 9.59 Å². The van der Waals surface area contributed by atoms with E-state index >= 15 is 0 Å². The van der Waals surface area contributed by atoms with E-state index in [4.69, 9.17) is 9.47 Å². The molecule has 0 aliphatic carbocycles. The molecule has 3 aromatic rings. The molecule has 26 heavy (non-hydrogen) atoms. The van der Waals surface area contributed by atoms with Gasteiger partial charge in [-0.2, -0.15) is 0 Å². The van der Waals surface area contributed by atoms with E-state index in [0.29, 0.717) is 17.4 Å². The number of para-hydroxylation sites is 4. The van der Waals surface area contributed by atoms with Crippen LogP contribution < -0.4 is 20.1 Å². The summed E-state index contributed by atoms with van der Waals surface area (Å²) >= 11 is 0. The molecule has 3 N–H and O–H groups in total. The van der Waals surface area contributed by atoms with Crippen molar-refractivity contribution in [3.05, 3.63) is 48.5 Å². The van der Waals surface area contributed by atoms with E-state index in [2.05, 4.69) is 20.6 Å². The molecule has 2 amide bonds. The molecule has 0 fully saturated rings. The van der Waals surface area contributed by atoms with Crippen LogP contribution in [0.5, 0.6) is 11.5 Å². The number of fused-ring (bicyclic) bond motifs is 2. The number of aromatic amines is 1. The second-order valence-electron chi connectivity index (χ2n) is 5.73. The van der Waals surface area contributed by atoms with E-state index in [1.165, 1.54) is 0 Å². The molecule has 0 bridgehead atoms. The number of rotatable bonds is 4. The van der Waals surface area contributed by atoms with E-state index < -0.39 is 17.9 Å². The largest absolute Gasteiger partial charge is 0.485 e. The van der Waals surface area contributed by atoms with Crippen molar-refractivity contribution in [2.45, 2.75) is 6.10 Å². The Morgan fingerprint density at radius 3 is 2.73 bits per heavy atom. The maximum Gasteiger partial charge on any atom is 0.265 e. The molecular weight excluding hydrogens is 336 g/mol. The summed E-state index contributed by atoms with van der Waals surface area (Å²) in [6.45, 7) is -0.106. The second kappa shape index (κ2) is 6.75. The normalized spacial score (nSPS) is 15.5. The number of nitrogens with zero attached hydrogens (tertiary/aromatic N) is 1. The van der Waals surface area contributed by atoms with E-state index in [0.717, 1.165) is 11.0 Å². The third-order valence-corrected chi connectivity index (χ3v) is 3.87. The highest BCUT2D eigenvalue weighted by Crippen LogP contribution is 2.30. The predicted octanol–water partition coefficient (Wildman–Crippen LogP) is 1.46. The Morgan fingerprint density at radius 1 is 1.12 bits per heavy atom. The standard InChI is InChI=1S/C18H16N4O4/c23-16(22-18-20-11-5-1-2-6-12(11)21-18)9-19-17(24)15-10-25-13-7-3-4-8-14(13)26-15/h1-8,15H,9-10H2,(H,19,24)(H2,20,21,22,23)/t15-/m0/s1. The fourth-order valence-corrected chi connectivity index (χ4v) is 2.62. The number of ether oxygens (including phenoxy) is 2. The quantitative estimate of drug-likeness (QED) is 0.659. The van der Waals surface area contributed by atoms with Gasteiger partial charge in [0.15, 0.2) is 11.5 Å². The highest BCUT2D eigenvalue weighted by Gasteiger charge is 2.27. The first-order valence-electron chi connectivity index (χ1n) is 8.10. The van der Waals surface area contributed by atoms with Crippen LogP contribution in [0.2, 0.25) is 0 Å². The van der Waals surface area contributed by atoms with Crippen LogP contribution in [0, 0.1) is 0 Å². The lowest BCUT2D eigenvalue weighted by molar-refractivity contribution is -0.131. The van der Waals surface area contributed by atoms with Crippen molar-refractivity contribution in [3.63, 3.8) is 0 Å². The van der Waals surface area contributed by atoms with Gasteiger partial charge in [-0.1, -0.05) is 24.3 Å². The zero-order valence-corrected chi connectivity index (χ0v) is 13.7. The fourth-order valence-electron chi connectivity index (χ4n) is 2.62. The predicted molar refractivity (Wildman–Crippen MR) is 94.1 cm³/mol. The number of anilines is 1.